The summed E-state index contributed by atoms with van der Waals surface area (Å²) in [4.78, 5) is 24.1. The second-order valence-corrected chi connectivity index (χ2v) is 8.59. The molecule has 1 atom stereocenters. The zero-order valence-electron chi connectivity index (χ0n) is 18.5. The van der Waals surface area contributed by atoms with Gasteiger partial charge in [-0.3, -0.25) is 9.89 Å². The summed E-state index contributed by atoms with van der Waals surface area (Å²) in [7, 11) is 0. The quantitative estimate of drug-likeness (QED) is 0.519. The van der Waals surface area contributed by atoms with Gasteiger partial charge < -0.3 is 25.2 Å². The number of amides is 1. The monoisotopic (exact) mass is 396 g/mol. The summed E-state index contributed by atoms with van der Waals surface area (Å²) in [6.07, 6.45) is 0.565. The second kappa shape index (κ2) is 10.9. The summed E-state index contributed by atoms with van der Waals surface area (Å²) in [5, 5.41) is 6.38. The van der Waals surface area contributed by atoms with Crippen LogP contribution in [0.15, 0.2) is 4.99 Å². The lowest BCUT2D eigenvalue weighted by molar-refractivity contribution is 0.0507. The van der Waals surface area contributed by atoms with Crippen LogP contribution in [0.2, 0.25) is 0 Å². The highest BCUT2D eigenvalue weighted by molar-refractivity contribution is 5.80. The standard InChI is InChI=1S/C20H40N6O2/c1-6-21-18(22-9-11-25-14-12-24(7-2)13-15-25)26-10-8-17(16-26)23-19(27)28-20(3,4)5/h17H,6-16H2,1-5H3,(H,21,22)(H,23,27). The Morgan fingerprint density at radius 1 is 1.11 bits per heavy atom. The minimum absolute atomic E-state index is 0.0980. The lowest BCUT2D eigenvalue weighted by atomic mass is 10.2. The molecule has 2 saturated heterocycles. The summed E-state index contributed by atoms with van der Waals surface area (Å²) in [5.41, 5.74) is -0.471. The summed E-state index contributed by atoms with van der Waals surface area (Å²) in [6.45, 7) is 20.0. The van der Waals surface area contributed by atoms with E-state index in [1.807, 2.05) is 20.8 Å². The number of carbonyl (C=O) groups excluding carboxylic acids is 1. The average molecular weight is 397 g/mol. The van der Waals surface area contributed by atoms with E-state index in [1.54, 1.807) is 0 Å². The third-order valence-electron chi connectivity index (χ3n) is 5.13. The zero-order chi connectivity index (χ0) is 20.6. The van der Waals surface area contributed by atoms with Crippen molar-refractivity contribution in [1.82, 2.24) is 25.3 Å². The summed E-state index contributed by atoms with van der Waals surface area (Å²) >= 11 is 0. The molecule has 0 aromatic heterocycles. The van der Waals surface area contributed by atoms with Gasteiger partial charge in [0.1, 0.15) is 5.60 Å². The van der Waals surface area contributed by atoms with Crippen LogP contribution in [0.1, 0.15) is 41.0 Å². The van der Waals surface area contributed by atoms with Gasteiger partial charge in [-0.2, -0.15) is 0 Å². The highest BCUT2D eigenvalue weighted by Crippen LogP contribution is 2.12. The van der Waals surface area contributed by atoms with Gasteiger partial charge in [-0.1, -0.05) is 6.92 Å². The molecule has 8 heteroatoms. The number of alkyl carbamates (subject to hydrolysis) is 1. The lowest BCUT2D eigenvalue weighted by Crippen LogP contribution is -2.47. The Morgan fingerprint density at radius 3 is 2.39 bits per heavy atom. The number of carbonyl (C=O) groups is 1. The molecule has 162 valence electrons. The van der Waals surface area contributed by atoms with Crippen LogP contribution in [0, 0.1) is 0 Å². The molecule has 0 aliphatic carbocycles. The van der Waals surface area contributed by atoms with Gasteiger partial charge in [-0.15, -0.1) is 0 Å². The molecule has 2 N–H and O–H groups in total. The molecule has 2 aliphatic heterocycles. The van der Waals surface area contributed by atoms with E-state index in [-0.39, 0.29) is 12.1 Å². The maximum absolute atomic E-state index is 12.0. The van der Waals surface area contributed by atoms with E-state index in [2.05, 4.69) is 39.2 Å². The molecule has 2 heterocycles. The van der Waals surface area contributed by atoms with Crippen molar-refractivity contribution < 1.29 is 9.53 Å². The number of rotatable bonds is 6. The number of piperazine rings is 1. The van der Waals surface area contributed by atoms with Crippen molar-refractivity contribution >= 4 is 12.1 Å². The fraction of sp³-hybridized carbons (Fsp3) is 0.900. The van der Waals surface area contributed by atoms with Gasteiger partial charge >= 0.3 is 6.09 Å². The van der Waals surface area contributed by atoms with E-state index in [9.17, 15) is 4.79 Å². The fourth-order valence-corrected chi connectivity index (χ4v) is 3.60. The number of ether oxygens (including phenoxy) is 1. The fourth-order valence-electron chi connectivity index (χ4n) is 3.60. The van der Waals surface area contributed by atoms with Crippen LogP contribution < -0.4 is 10.6 Å². The molecule has 0 aromatic carbocycles. The summed E-state index contributed by atoms with van der Waals surface area (Å²) in [6, 6.07) is 0.0980. The van der Waals surface area contributed by atoms with Crippen molar-refractivity contribution in [1.29, 1.82) is 0 Å². The van der Waals surface area contributed by atoms with Crippen molar-refractivity contribution in [3.05, 3.63) is 0 Å². The molecule has 0 saturated carbocycles. The van der Waals surface area contributed by atoms with Crippen LogP contribution in [0.3, 0.4) is 0 Å². The van der Waals surface area contributed by atoms with Crippen LogP contribution >= 0.6 is 0 Å². The number of hydrogen-bond donors (Lipinski definition) is 2. The van der Waals surface area contributed by atoms with Crippen LogP contribution in [-0.2, 0) is 4.74 Å². The van der Waals surface area contributed by atoms with Crippen molar-refractivity contribution in [3.63, 3.8) is 0 Å². The van der Waals surface area contributed by atoms with Gasteiger partial charge in [-0.05, 0) is 40.7 Å². The first-order chi connectivity index (χ1) is 13.3. The molecular weight excluding hydrogens is 356 g/mol. The van der Waals surface area contributed by atoms with Gasteiger partial charge in [0.05, 0.1) is 12.6 Å². The van der Waals surface area contributed by atoms with Crippen LogP contribution in [-0.4, -0.2) is 104 Å². The normalized spacial score (nSPS) is 22.4. The Balaban J connectivity index is 1.78. The van der Waals surface area contributed by atoms with Crippen LogP contribution in [0.4, 0.5) is 4.79 Å². The molecule has 8 nitrogen and oxygen atoms in total. The third kappa shape index (κ3) is 7.83. The Kier molecular flexibility index (Phi) is 8.82. The van der Waals surface area contributed by atoms with Crippen LogP contribution in [0.5, 0.6) is 0 Å². The molecule has 28 heavy (non-hydrogen) atoms. The zero-order valence-corrected chi connectivity index (χ0v) is 18.5. The number of hydrogen-bond acceptors (Lipinski definition) is 5. The first-order valence-electron chi connectivity index (χ1n) is 10.8. The maximum Gasteiger partial charge on any atom is 0.407 e. The Labute approximate surface area is 170 Å². The number of likely N-dealkylation sites (N-methyl/N-ethyl adjacent to an activating group) is 1. The van der Waals surface area contributed by atoms with Gasteiger partial charge in [0.15, 0.2) is 5.96 Å². The molecule has 0 bridgehead atoms. The Hall–Kier alpha value is -1.54. The minimum atomic E-state index is -0.471. The van der Waals surface area contributed by atoms with Gasteiger partial charge in [0.25, 0.3) is 0 Å². The summed E-state index contributed by atoms with van der Waals surface area (Å²) < 4.78 is 5.37. The molecule has 0 aromatic rings. The molecule has 1 amide bonds. The number of guanidine groups is 1. The smallest absolute Gasteiger partial charge is 0.407 e. The Morgan fingerprint density at radius 2 is 1.79 bits per heavy atom. The van der Waals surface area contributed by atoms with Gasteiger partial charge in [0.2, 0.25) is 0 Å². The van der Waals surface area contributed by atoms with E-state index in [1.165, 1.54) is 0 Å². The largest absolute Gasteiger partial charge is 0.444 e. The Bertz CT molecular complexity index is 511. The van der Waals surface area contributed by atoms with E-state index >= 15 is 0 Å². The maximum atomic E-state index is 12.0. The average Bonchev–Trinajstić information content (AvgIpc) is 3.08. The molecule has 1 unspecified atom stereocenters. The topological polar surface area (TPSA) is 72.4 Å². The molecule has 2 fully saturated rings. The molecule has 0 radical (unpaired) electrons. The second-order valence-electron chi connectivity index (χ2n) is 8.59. The van der Waals surface area contributed by atoms with Gasteiger partial charge in [-0.25, -0.2) is 4.79 Å². The van der Waals surface area contributed by atoms with E-state index in [0.717, 1.165) is 77.8 Å². The van der Waals surface area contributed by atoms with E-state index in [4.69, 9.17) is 9.73 Å². The van der Waals surface area contributed by atoms with E-state index < -0.39 is 5.60 Å². The number of likely N-dealkylation sites (tertiary alicyclic amines) is 1. The minimum Gasteiger partial charge on any atom is -0.444 e. The number of nitrogens with one attached hydrogen (secondary N) is 2. The van der Waals surface area contributed by atoms with Crippen molar-refractivity contribution in [2.45, 2.75) is 52.7 Å². The molecule has 2 aliphatic rings. The highest BCUT2D eigenvalue weighted by atomic mass is 16.6. The third-order valence-corrected chi connectivity index (χ3v) is 5.13. The molecule has 0 spiro atoms. The van der Waals surface area contributed by atoms with Crippen molar-refractivity contribution in [2.75, 3.05) is 65.4 Å². The summed E-state index contributed by atoms with van der Waals surface area (Å²) in [5.74, 6) is 0.947. The molecule has 2 rings (SSSR count). The van der Waals surface area contributed by atoms with Crippen molar-refractivity contribution in [2.24, 2.45) is 4.99 Å². The SMILES string of the molecule is CCNC(=NCCN1CCN(CC)CC1)N1CCC(NC(=O)OC(C)(C)C)C1. The predicted molar refractivity (Wildman–Crippen MR) is 114 cm³/mol. The first kappa shape index (κ1) is 22.7. The van der Waals surface area contributed by atoms with Gasteiger partial charge in [0, 0.05) is 52.4 Å². The number of aliphatic imine (C=N–C) groups is 1. The highest BCUT2D eigenvalue weighted by Gasteiger charge is 2.27. The van der Waals surface area contributed by atoms with Crippen molar-refractivity contribution in [3.8, 4) is 0 Å². The predicted octanol–water partition coefficient (Wildman–Crippen LogP) is 1.19. The molecular formula is C20H40N6O2. The van der Waals surface area contributed by atoms with E-state index in [0.29, 0.717) is 0 Å². The first-order valence-corrected chi connectivity index (χ1v) is 10.8. The van der Waals surface area contributed by atoms with Crippen LogP contribution in [0.25, 0.3) is 0 Å². The number of nitrogens with zero attached hydrogens (tertiary/aromatic N) is 4. The lowest BCUT2D eigenvalue weighted by Gasteiger charge is -2.33.